The van der Waals surface area contributed by atoms with Gasteiger partial charge in [-0.2, -0.15) is 0 Å². The van der Waals surface area contributed by atoms with Crippen molar-refractivity contribution in [2.45, 2.75) is 51.6 Å². The van der Waals surface area contributed by atoms with Gasteiger partial charge in [-0.3, -0.25) is 0 Å². The second-order valence-electron chi connectivity index (χ2n) is 8.18. The average Bonchev–Trinajstić information content (AvgIpc) is 2.78. The van der Waals surface area contributed by atoms with Crippen molar-refractivity contribution in [3.8, 4) is 11.5 Å². The number of carbonyl (C=O) groups is 1. The van der Waals surface area contributed by atoms with Crippen LogP contribution in [-0.4, -0.2) is 79.8 Å². The summed E-state index contributed by atoms with van der Waals surface area (Å²) in [5, 5.41) is 0. The van der Waals surface area contributed by atoms with E-state index < -0.39 is 0 Å². The van der Waals surface area contributed by atoms with Gasteiger partial charge in [-0.15, -0.1) is 0 Å². The van der Waals surface area contributed by atoms with Crippen molar-refractivity contribution in [2.24, 2.45) is 0 Å². The van der Waals surface area contributed by atoms with E-state index in [-0.39, 0.29) is 12.1 Å². The first-order valence-electron chi connectivity index (χ1n) is 11.3. The molecule has 6 heteroatoms. The van der Waals surface area contributed by atoms with Gasteiger partial charge < -0.3 is 24.2 Å². The number of piperidine rings is 2. The molecule has 162 valence electrons. The number of ether oxygens (including phenoxy) is 2. The maximum Gasteiger partial charge on any atom is 0.319 e. The van der Waals surface area contributed by atoms with Gasteiger partial charge in [0.05, 0.1) is 6.61 Å². The van der Waals surface area contributed by atoms with Crippen molar-refractivity contribution in [1.82, 2.24) is 14.7 Å². The molecular formula is C23H37N3O3. The molecule has 2 fully saturated rings. The van der Waals surface area contributed by atoms with Crippen LogP contribution in [0.2, 0.25) is 0 Å². The number of hydrogen-bond donors (Lipinski definition) is 0. The van der Waals surface area contributed by atoms with Crippen molar-refractivity contribution in [3.63, 3.8) is 0 Å². The number of likely N-dealkylation sites (tertiary alicyclic amines) is 2. The number of nitrogens with zero attached hydrogens (tertiary/aromatic N) is 3. The van der Waals surface area contributed by atoms with Gasteiger partial charge in [0.1, 0.15) is 17.6 Å². The number of hydrogen-bond acceptors (Lipinski definition) is 4. The summed E-state index contributed by atoms with van der Waals surface area (Å²) >= 11 is 0. The molecule has 2 aliphatic rings. The van der Waals surface area contributed by atoms with E-state index in [0.29, 0.717) is 0 Å². The highest BCUT2D eigenvalue weighted by Gasteiger charge is 2.25. The number of carbonyl (C=O) groups excluding carboxylic acids is 1. The van der Waals surface area contributed by atoms with Gasteiger partial charge in [0.2, 0.25) is 0 Å². The van der Waals surface area contributed by atoms with E-state index in [1.54, 1.807) is 4.90 Å². The molecule has 2 heterocycles. The maximum atomic E-state index is 12.2. The summed E-state index contributed by atoms with van der Waals surface area (Å²) in [5.74, 6) is 1.78. The molecule has 0 radical (unpaired) electrons. The van der Waals surface area contributed by atoms with Crippen LogP contribution in [0.25, 0.3) is 0 Å². The maximum absolute atomic E-state index is 12.2. The van der Waals surface area contributed by atoms with Crippen LogP contribution in [0.5, 0.6) is 11.5 Å². The molecule has 29 heavy (non-hydrogen) atoms. The fourth-order valence-corrected chi connectivity index (χ4v) is 4.01. The van der Waals surface area contributed by atoms with Crippen molar-refractivity contribution in [3.05, 3.63) is 24.3 Å². The molecule has 0 aromatic heterocycles. The molecule has 1 aromatic carbocycles. The molecule has 3 rings (SSSR count). The Bertz CT molecular complexity index is 608. The van der Waals surface area contributed by atoms with E-state index in [2.05, 4.69) is 4.90 Å². The molecule has 1 aromatic rings. The molecule has 2 amide bonds. The highest BCUT2D eigenvalue weighted by molar-refractivity contribution is 5.74. The van der Waals surface area contributed by atoms with E-state index in [1.165, 1.54) is 32.4 Å². The molecule has 6 nitrogen and oxygen atoms in total. The van der Waals surface area contributed by atoms with Crippen LogP contribution in [0.1, 0.15) is 45.4 Å². The normalized spacial score (nSPS) is 18.5. The average molecular weight is 404 g/mol. The molecular weight excluding hydrogens is 366 g/mol. The van der Waals surface area contributed by atoms with Crippen LogP contribution >= 0.6 is 0 Å². The Morgan fingerprint density at radius 2 is 1.69 bits per heavy atom. The lowest BCUT2D eigenvalue weighted by Gasteiger charge is -2.34. The van der Waals surface area contributed by atoms with Gasteiger partial charge in [0.15, 0.2) is 0 Å². The lowest BCUT2D eigenvalue weighted by atomic mass is 10.1. The number of benzene rings is 1. The van der Waals surface area contributed by atoms with E-state index >= 15 is 0 Å². The summed E-state index contributed by atoms with van der Waals surface area (Å²) in [7, 11) is 1.85. The van der Waals surface area contributed by atoms with Crippen LogP contribution in [0, 0.1) is 0 Å². The van der Waals surface area contributed by atoms with Crippen LogP contribution in [0.4, 0.5) is 4.79 Å². The Balaban J connectivity index is 1.33. The second-order valence-corrected chi connectivity index (χ2v) is 8.18. The number of amides is 2. The van der Waals surface area contributed by atoms with Crippen LogP contribution in [0.15, 0.2) is 24.3 Å². The molecule has 2 saturated heterocycles. The first kappa shape index (κ1) is 21.8. The third kappa shape index (κ3) is 6.81. The number of urea groups is 1. The smallest absolute Gasteiger partial charge is 0.319 e. The quantitative estimate of drug-likeness (QED) is 0.619. The summed E-state index contributed by atoms with van der Waals surface area (Å²) in [6.45, 7) is 8.63. The molecule has 0 N–H and O–H groups in total. The third-order valence-electron chi connectivity index (χ3n) is 5.98. The van der Waals surface area contributed by atoms with Gasteiger partial charge in [-0.25, -0.2) is 4.79 Å². The van der Waals surface area contributed by atoms with E-state index in [1.807, 2.05) is 43.1 Å². The Morgan fingerprint density at radius 3 is 2.34 bits per heavy atom. The van der Waals surface area contributed by atoms with Crippen molar-refractivity contribution in [2.75, 3.05) is 52.9 Å². The van der Waals surface area contributed by atoms with Crippen molar-refractivity contribution < 1.29 is 14.3 Å². The highest BCUT2D eigenvalue weighted by Crippen LogP contribution is 2.22. The summed E-state index contributed by atoms with van der Waals surface area (Å²) in [6, 6.07) is 8.08. The Kier molecular flexibility index (Phi) is 8.47. The molecule has 0 saturated carbocycles. The molecule has 0 atom stereocenters. The lowest BCUT2D eigenvalue weighted by molar-refractivity contribution is 0.0990. The van der Waals surface area contributed by atoms with Gasteiger partial charge in [-0.1, -0.05) is 6.42 Å². The van der Waals surface area contributed by atoms with Crippen molar-refractivity contribution in [1.29, 1.82) is 0 Å². The lowest BCUT2D eigenvalue weighted by Crippen LogP contribution is -2.47. The van der Waals surface area contributed by atoms with E-state index in [9.17, 15) is 4.79 Å². The fourth-order valence-electron chi connectivity index (χ4n) is 4.01. The minimum atomic E-state index is 0.118. The van der Waals surface area contributed by atoms with Crippen LogP contribution in [-0.2, 0) is 0 Å². The first-order valence-corrected chi connectivity index (χ1v) is 11.3. The van der Waals surface area contributed by atoms with Gasteiger partial charge >= 0.3 is 6.03 Å². The molecule has 0 bridgehead atoms. The minimum Gasteiger partial charge on any atom is -0.494 e. The second kappa shape index (κ2) is 11.3. The molecule has 0 aliphatic carbocycles. The minimum absolute atomic E-state index is 0.118. The van der Waals surface area contributed by atoms with E-state index in [0.717, 1.165) is 63.5 Å². The Morgan fingerprint density at radius 1 is 1.03 bits per heavy atom. The third-order valence-corrected chi connectivity index (χ3v) is 5.98. The monoisotopic (exact) mass is 403 g/mol. The zero-order valence-corrected chi connectivity index (χ0v) is 18.1. The summed E-state index contributed by atoms with van der Waals surface area (Å²) in [4.78, 5) is 18.4. The predicted molar refractivity (Wildman–Crippen MR) is 116 cm³/mol. The first-order chi connectivity index (χ1) is 14.2. The topological polar surface area (TPSA) is 45.3 Å². The summed E-state index contributed by atoms with van der Waals surface area (Å²) in [6.07, 6.45) is 7.05. The zero-order valence-electron chi connectivity index (χ0n) is 18.1. The molecule has 2 aliphatic heterocycles. The standard InChI is InChI=1S/C23H37N3O3/c1-3-24(2)23(27)26-17-12-22(13-18-26)29-21-10-8-20(9-11-21)28-19-7-16-25-14-5-4-6-15-25/h8-11,22H,3-7,12-19H2,1-2H3. The molecule has 0 spiro atoms. The SMILES string of the molecule is CCN(C)C(=O)N1CCC(Oc2ccc(OCCCN3CCCCC3)cc2)CC1. The molecule has 0 unspecified atom stereocenters. The largest absolute Gasteiger partial charge is 0.494 e. The van der Waals surface area contributed by atoms with Crippen LogP contribution < -0.4 is 9.47 Å². The number of rotatable bonds is 8. The zero-order chi connectivity index (χ0) is 20.5. The summed E-state index contributed by atoms with van der Waals surface area (Å²) < 4.78 is 12.0. The summed E-state index contributed by atoms with van der Waals surface area (Å²) in [5.41, 5.74) is 0. The predicted octanol–water partition coefficient (Wildman–Crippen LogP) is 3.86. The van der Waals surface area contributed by atoms with Gasteiger partial charge in [0, 0.05) is 46.1 Å². The fraction of sp³-hybridized carbons (Fsp3) is 0.696. The highest BCUT2D eigenvalue weighted by atomic mass is 16.5. The van der Waals surface area contributed by atoms with Crippen molar-refractivity contribution >= 4 is 6.03 Å². The van der Waals surface area contributed by atoms with Gasteiger partial charge in [-0.05, 0) is 63.5 Å². The van der Waals surface area contributed by atoms with E-state index in [4.69, 9.17) is 9.47 Å². The van der Waals surface area contributed by atoms with Gasteiger partial charge in [0.25, 0.3) is 0 Å². The van der Waals surface area contributed by atoms with Crippen LogP contribution in [0.3, 0.4) is 0 Å². The Hall–Kier alpha value is -1.95. The Labute approximate surface area is 175 Å².